The Morgan fingerprint density at radius 3 is 2.88 bits per heavy atom. The summed E-state index contributed by atoms with van der Waals surface area (Å²) in [7, 11) is -1.09. The number of hydrogen-bond acceptors (Lipinski definition) is 3. The van der Waals surface area contributed by atoms with Crippen molar-refractivity contribution < 1.29 is 8.95 Å². The molecule has 0 aliphatic heterocycles. The maximum absolute atomic E-state index is 12.0. The lowest BCUT2D eigenvalue weighted by Crippen LogP contribution is -2.08. The third-order valence-corrected chi connectivity index (χ3v) is 4.15. The first-order chi connectivity index (χ1) is 8.15. The zero-order chi connectivity index (χ0) is 12.7. The van der Waals surface area contributed by atoms with Crippen LogP contribution < -0.4 is 5.73 Å². The summed E-state index contributed by atoms with van der Waals surface area (Å²) in [6.07, 6.45) is 2.16. The summed E-state index contributed by atoms with van der Waals surface area (Å²) in [5.74, 6) is 0.490. The molecule has 0 bridgehead atoms. The van der Waals surface area contributed by atoms with Crippen molar-refractivity contribution >= 4 is 32.4 Å². The number of nitrogens with two attached hydrogens (primary N) is 1. The van der Waals surface area contributed by atoms with Crippen molar-refractivity contribution in [2.75, 3.05) is 24.7 Å². The molecule has 0 saturated carbocycles. The summed E-state index contributed by atoms with van der Waals surface area (Å²) in [6.45, 7) is 3.37. The molecule has 5 heteroatoms. The molecule has 2 N–H and O–H groups in total. The highest BCUT2D eigenvalue weighted by molar-refractivity contribution is 9.10. The molecule has 0 heterocycles. The van der Waals surface area contributed by atoms with Crippen LogP contribution in [0.25, 0.3) is 0 Å². The van der Waals surface area contributed by atoms with Crippen LogP contribution in [0.1, 0.15) is 19.8 Å². The summed E-state index contributed by atoms with van der Waals surface area (Å²) in [6, 6.07) is 5.40. The average molecular weight is 320 g/mol. The molecule has 0 radical (unpaired) electrons. The van der Waals surface area contributed by atoms with Gasteiger partial charge in [0.05, 0.1) is 28.1 Å². The molecule has 96 valence electrons. The van der Waals surface area contributed by atoms with Gasteiger partial charge in [-0.25, -0.2) is 0 Å². The smallest absolute Gasteiger partial charge is 0.0629 e. The third kappa shape index (κ3) is 5.19. The molecule has 0 aromatic heterocycles. The molecule has 1 aromatic carbocycles. The van der Waals surface area contributed by atoms with E-state index in [2.05, 4.69) is 22.9 Å². The van der Waals surface area contributed by atoms with Crippen LogP contribution in [0.15, 0.2) is 27.6 Å². The van der Waals surface area contributed by atoms with E-state index in [1.54, 1.807) is 12.1 Å². The Labute approximate surface area is 113 Å². The van der Waals surface area contributed by atoms with Gasteiger partial charge >= 0.3 is 0 Å². The first kappa shape index (κ1) is 14.7. The fourth-order valence-electron chi connectivity index (χ4n) is 1.30. The van der Waals surface area contributed by atoms with Gasteiger partial charge in [-0.15, -0.1) is 0 Å². The Kier molecular flexibility index (Phi) is 6.77. The Hall–Kier alpha value is -0.390. The van der Waals surface area contributed by atoms with Gasteiger partial charge in [-0.2, -0.15) is 0 Å². The molecule has 0 spiro atoms. The van der Waals surface area contributed by atoms with E-state index in [-0.39, 0.29) is 0 Å². The second kappa shape index (κ2) is 7.84. The van der Waals surface area contributed by atoms with E-state index in [1.165, 1.54) is 0 Å². The molecular weight excluding hydrogens is 302 g/mol. The van der Waals surface area contributed by atoms with Gasteiger partial charge in [0.1, 0.15) is 0 Å². The molecule has 0 aliphatic rings. The number of nitrogen functional groups attached to an aromatic ring is 1. The minimum atomic E-state index is -1.09. The van der Waals surface area contributed by atoms with E-state index in [9.17, 15) is 4.21 Å². The van der Waals surface area contributed by atoms with Gasteiger partial charge in [-0.05, 0) is 24.6 Å². The molecule has 1 unspecified atom stereocenters. The molecule has 0 saturated heterocycles. The van der Waals surface area contributed by atoms with E-state index in [0.717, 1.165) is 23.9 Å². The van der Waals surface area contributed by atoms with Gasteiger partial charge in [-0.3, -0.25) is 4.21 Å². The quantitative estimate of drug-likeness (QED) is 0.621. The number of unbranched alkanes of at least 4 members (excludes halogenated alkanes) is 1. The zero-order valence-electron chi connectivity index (χ0n) is 9.95. The predicted molar refractivity (Wildman–Crippen MR) is 75.6 cm³/mol. The predicted octanol–water partition coefficient (Wildman–Crippen LogP) is 2.96. The topological polar surface area (TPSA) is 52.3 Å². The van der Waals surface area contributed by atoms with E-state index < -0.39 is 10.8 Å². The Morgan fingerprint density at radius 1 is 1.41 bits per heavy atom. The van der Waals surface area contributed by atoms with Gasteiger partial charge in [0.25, 0.3) is 0 Å². The van der Waals surface area contributed by atoms with Crippen molar-refractivity contribution in [3.63, 3.8) is 0 Å². The highest BCUT2D eigenvalue weighted by atomic mass is 79.9. The SMILES string of the molecule is CCCCOCCS(=O)c1cc(Br)ccc1N. The lowest BCUT2D eigenvalue weighted by Gasteiger charge is -2.07. The molecule has 3 nitrogen and oxygen atoms in total. The minimum absolute atomic E-state index is 0.490. The van der Waals surface area contributed by atoms with Crippen molar-refractivity contribution in [1.82, 2.24) is 0 Å². The standard InChI is InChI=1S/C12H18BrNO2S/c1-2-3-6-16-7-8-17(15)12-9-10(13)4-5-11(12)14/h4-5,9H,2-3,6-8,14H2,1H3. The highest BCUT2D eigenvalue weighted by Crippen LogP contribution is 2.21. The number of ether oxygens (including phenoxy) is 1. The van der Waals surface area contributed by atoms with Crippen LogP contribution in [0.5, 0.6) is 0 Å². The van der Waals surface area contributed by atoms with Crippen LogP contribution in [0.2, 0.25) is 0 Å². The molecule has 17 heavy (non-hydrogen) atoms. The normalized spacial score (nSPS) is 12.6. The highest BCUT2D eigenvalue weighted by Gasteiger charge is 2.08. The molecule has 1 rings (SSSR count). The monoisotopic (exact) mass is 319 g/mol. The summed E-state index contributed by atoms with van der Waals surface area (Å²) >= 11 is 3.35. The summed E-state index contributed by atoms with van der Waals surface area (Å²) in [4.78, 5) is 0.679. The van der Waals surface area contributed by atoms with Crippen molar-refractivity contribution in [1.29, 1.82) is 0 Å². The van der Waals surface area contributed by atoms with Gasteiger partial charge in [0.15, 0.2) is 0 Å². The van der Waals surface area contributed by atoms with Crippen LogP contribution in [0, 0.1) is 0 Å². The van der Waals surface area contributed by atoms with E-state index in [1.807, 2.05) is 6.07 Å². The maximum Gasteiger partial charge on any atom is 0.0629 e. The Morgan fingerprint density at radius 2 is 2.18 bits per heavy atom. The van der Waals surface area contributed by atoms with Crippen molar-refractivity contribution in [3.05, 3.63) is 22.7 Å². The van der Waals surface area contributed by atoms with Crippen LogP contribution >= 0.6 is 15.9 Å². The summed E-state index contributed by atoms with van der Waals surface area (Å²) in [5, 5.41) is 0. The largest absolute Gasteiger partial charge is 0.398 e. The first-order valence-corrected chi connectivity index (χ1v) is 7.77. The van der Waals surface area contributed by atoms with Crippen molar-refractivity contribution in [3.8, 4) is 0 Å². The van der Waals surface area contributed by atoms with E-state index >= 15 is 0 Å². The van der Waals surface area contributed by atoms with Gasteiger partial charge < -0.3 is 10.5 Å². The lowest BCUT2D eigenvalue weighted by molar-refractivity contribution is 0.146. The fraction of sp³-hybridized carbons (Fsp3) is 0.500. The van der Waals surface area contributed by atoms with Crippen LogP contribution in [0.4, 0.5) is 5.69 Å². The number of hydrogen-bond donors (Lipinski definition) is 1. The second-order valence-corrected chi connectivity index (χ2v) is 6.15. The van der Waals surface area contributed by atoms with Crippen LogP contribution in [-0.4, -0.2) is 23.2 Å². The number of halogens is 1. The van der Waals surface area contributed by atoms with Gasteiger partial charge in [0.2, 0.25) is 0 Å². The number of anilines is 1. The van der Waals surface area contributed by atoms with Crippen LogP contribution in [-0.2, 0) is 15.5 Å². The number of rotatable bonds is 7. The van der Waals surface area contributed by atoms with E-state index in [0.29, 0.717) is 22.9 Å². The Bertz CT molecular complexity index is 385. The second-order valence-electron chi connectivity index (χ2n) is 3.70. The molecule has 0 aliphatic carbocycles. The molecule has 1 aromatic rings. The molecule has 0 amide bonds. The minimum Gasteiger partial charge on any atom is -0.398 e. The van der Waals surface area contributed by atoms with Crippen LogP contribution in [0.3, 0.4) is 0 Å². The summed E-state index contributed by atoms with van der Waals surface area (Å²) < 4.78 is 18.3. The zero-order valence-corrected chi connectivity index (χ0v) is 12.4. The number of benzene rings is 1. The summed E-state index contributed by atoms with van der Waals surface area (Å²) in [5.41, 5.74) is 6.36. The molecule has 0 fully saturated rings. The molecule has 1 atom stereocenters. The molecular formula is C12H18BrNO2S. The fourth-order valence-corrected chi connectivity index (χ4v) is 2.89. The maximum atomic E-state index is 12.0. The van der Waals surface area contributed by atoms with Crippen molar-refractivity contribution in [2.45, 2.75) is 24.7 Å². The average Bonchev–Trinajstić information content (AvgIpc) is 2.32. The van der Waals surface area contributed by atoms with E-state index in [4.69, 9.17) is 10.5 Å². The third-order valence-electron chi connectivity index (χ3n) is 2.28. The van der Waals surface area contributed by atoms with Crippen molar-refractivity contribution in [2.24, 2.45) is 0 Å². The van der Waals surface area contributed by atoms with Gasteiger partial charge in [0, 0.05) is 16.8 Å². The van der Waals surface area contributed by atoms with Gasteiger partial charge in [-0.1, -0.05) is 29.3 Å². The first-order valence-electron chi connectivity index (χ1n) is 5.66. The Balaban J connectivity index is 2.44. The lowest BCUT2D eigenvalue weighted by atomic mass is 10.3.